The molecular formula is C12H17NO3. The first-order valence-corrected chi connectivity index (χ1v) is 5.67. The maximum absolute atomic E-state index is 10.8. The summed E-state index contributed by atoms with van der Waals surface area (Å²) in [6, 6.07) is 2.28. The second-order valence-electron chi connectivity index (χ2n) is 4.38. The van der Waals surface area contributed by atoms with Crippen LogP contribution in [0.2, 0.25) is 0 Å². The van der Waals surface area contributed by atoms with Gasteiger partial charge in [0.25, 0.3) is 0 Å². The van der Waals surface area contributed by atoms with Crippen molar-refractivity contribution < 1.29 is 14.3 Å². The normalized spacial score (nSPS) is 20.8. The molecule has 1 unspecified atom stereocenters. The molecule has 1 N–H and O–H groups in total. The Bertz CT molecular complexity index is 339. The van der Waals surface area contributed by atoms with Gasteiger partial charge in [-0.05, 0) is 38.9 Å². The van der Waals surface area contributed by atoms with Crippen LogP contribution in [0.3, 0.4) is 0 Å². The van der Waals surface area contributed by atoms with Gasteiger partial charge in [-0.1, -0.05) is 0 Å². The van der Waals surface area contributed by atoms with Crippen LogP contribution >= 0.6 is 0 Å². The first kappa shape index (κ1) is 11.2. The second-order valence-corrected chi connectivity index (χ2v) is 4.38. The zero-order valence-corrected chi connectivity index (χ0v) is 9.43. The number of nitrogens with zero attached hydrogens (tertiary/aromatic N) is 1. The van der Waals surface area contributed by atoms with Crippen molar-refractivity contribution in [2.24, 2.45) is 5.92 Å². The molecule has 0 aliphatic carbocycles. The molecule has 0 aromatic carbocycles. The smallest absolute Gasteiger partial charge is 0.306 e. The number of aliphatic carboxylic acids is 1. The number of rotatable bonds is 3. The van der Waals surface area contributed by atoms with E-state index in [1.54, 1.807) is 12.5 Å². The Labute approximate surface area is 94.9 Å². The average Bonchev–Trinajstić information content (AvgIpc) is 2.81. The summed E-state index contributed by atoms with van der Waals surface area (Å²) < 4.78 is 5.07. The molecule has 0 radical (unpaired) electrons. The first-order chi connectivity index (χ1) is 7.68. The van der Waals surface area contributed by atoms with Gasteiger partial charge in [-0.25, -0.2) is 0 Å². The van der Waals surface area contributed by atoms with E-state index in [4.69, 9.17) is 9.52 Å². The topological polar surface area (TPSA) is 53.7 Å². The summed E-state index contributed by atoms with van der Waals surface area (Å²) in [6.07, 6.45) is 4.93. The zero-order valence-electron chi connectivity index (χ0n) is 9.43. The number of hydrogen-bond donors (Lipinski definition) is 1. The van der Waals surface area contributed by atoms with Crippen molar-refractivity contribution in [3.05, 3.63) is 24.2 Å². The monoisotopic (exact) mass is 223 g/mol. The van der Waals surface area contributed by atoms with E-state index < -0.39 is 5.97 Å². The van der Waals surface area contributed by atoms with Gasteiger partial charge in [0.15, 0.2) is 0 Å². The number of furan rings is 1. The molecule has 4 heteroatoms. The molecule has 0 amide bonds. The van der Waals surface area contributed by atoms with E-state index in [2.05, 4.69) is 11.8 Å². The molecule has 1 saturated heterocycles. The van der Waals surface area contributed by atoms with Crippen LogP contribution in [0.25, 0.3) is 0 Å². The number of carbonyl (C=O) groups is 1. The largest absolute Gasteiger partial charge is 0.481 e. The molecule has 0 saturated carbocycles. The van der Waals surface area contributed by atoms with Crippen molar-refractivity contribution in [3.8, 4) is 0 Å². The molecule has 2 rings (SSSR count). The van der Waals surface area contributed by atoms with Crippen molar-refractivity contribution in [1.82, 2.24) is 4.90 Å². The first-order valence-electron chi connectivity index (χ1n) is 5.67. The standard InChI is InChI=1S/C12H17NO3/c1-9(11-4-7-16-8-11)13-5-2-10(3-6-13)12(14)15/h4,7-10H,2-3,5-6H2,1H3,(H,14,15). The highest BCUT2D eigenvalue weighted by Gasteiger charge is 2.27. The van der Waals surface area contributed by atoms with Gasteiger partial charge >= 0.3 is 5.97 Å². The Morgan fingerprint density at radius 2 is 2.25 bits per heavy atom. The van der Waals surface area contributed by atoms with Crippen molar-refractivity contribution in [2.75, 3.05) is 13.1 Å². The highest BCUT2D eigenvalue weighted by Crippen LogP contribution is 2.26. The molecule has 1 aromatic heterocycles. The minimum atomic E-state index is -0.657. The summed E-state index contributed by atoms with van der Waals surface area (Å²) in [6.45, 7) is 3.83. The fraction of sp³-hybridized carbons (Fsp3) is 0.583. The van der Waals surface area contributed by atoms with Crippen LogP contribution in [0.15, 0.2) is 23.0 Å². The molecule has 16 heavy (non-hydrogen) atoms. The molecule has 1 aromatic rings. The van der Waals surface area contributed by atoms with Crippen LogP contribution in [0.5, 0.6) is 0 Å². The van der Waals surface area contributed by atoms with Crippen LogP contribution < -0.4 is 0 Å². The van der Waals surface area contributed by atoms with Crippen LogP contribution in [0, 0.1) is 5.92 Å². The molecule has 1 fully saturated rings. The molecule has 88 valence electrons. The molecule has 1 aliphatic rings. The van der Waals surface area contributed by atoms with Gasteiger partial charge in [0.05, 0.1) is 18.4 Å². The Kier molecular flexibility index (Phi) is 3.29. The summed E-state index contributed by atoms with van der Waals surface area (Å²) in [5.74, 6) is -0.816. The number of carboxylic acids is 1. The van der Waals surface area contributed by atoms with E-state index in [0.717, 1.165) is 31.5 Å². The van der Waals surface area contributed by atoms with E-state index in [-0.39, 0.29) is 5.92 Å². The van der Waals surface area contributed by atoms with E-state index in [0.29, 0.717) is 6.04 Å². The van der Waals surface area contributed by atoms with Crippen LogP contribution in [0.4, 0.5) is 0 Å². The minimum absolute atomic E-state index is 0.159. The van der Waals surface area contributed by atoms with Gasteiger partial charge in [-0.15, -0.1) is 0 Å². The number of hydrogen-bond acceptors (Lipinski definition) is 3. The van der Waals surface area contributed by atoms with Crippen molar-refractivity contribution in [2.45, 2.75) is 25.8 Å². The molecule has 1 aliphatic heterocycles. The van der Waals surface area contributed by atoms with Gasteiger partial charge in [0, 0.05) is 11.6 Å². The van der Waals surface area contributed by atoms with Crippen molar-refractivity contribution in [1.29, 1.82) is 0 Å². The Morgan fingerprint density at radius 3 is 2.75 bits per heavy atom. The Balaban J connectivity index is 1.92. The van der Waals surface area contributed by atoms with Crippen LogP contribution in [-0.4, -0.2) is 29.1 Å². The quantitative estimate of drug-likeness (QED) is 0.853. The predicted octanol–water partition coefficient (Wildman–Crippen LogP) is 2.14. The maximum Gasteiger partial charge on any atom is 0.306 e. The van der Waals surface area contributed by atoms with Gasteiger partial charge in [0.2, 0.25) is 0 Å². The average molecular weight is 223 g/mol. The van der Waals surface area contributed by atoms with Crippen LogP contribution in [0.1, 0.15) is 31.4 Å². The highest BCUT2D eigenvalue weighted by atomic mass is 16.4. The molecule has 4 nitrogen and oxygen atoms in total. The summed E-state index contributed by atoms with van der Waals surface area (Å²) in [4.78, 5) is 13.1. The fourth-order valence-corrected chi connectivity index (χ4v) is 2.26. The maximum atomic E-state index is 10.8. The lowest BCUT2D eigenvalue weighted by molar-refractivity contribution is -0.143. The number of likely N-dealkylation sites (tertiary alicyclic amines) is 1. The highest BCUT2D eigenvalue weighted by molar-refractivity contribution is 5.70. The lowest BCUT2D eigenvalue weighted by atomic mass is 9.95. The van der Waals surface area contributed by atoms with E-state index >= 15 is 0 Å². The molecule has 0 bridgehead atoms. The van der Waals surface area contributed by atoms with E-state index in [1.165, 1.54) is 0 Å². The molecule has 0 spiro atoms. The zero-order chi connectivity index (χ0) is 11.5. The van der Waals surface area contributed by atoms with E-state index in [9.17, 15) is 4.79 Å². The lowest BCUT2D eigenvalue weighted by Crippen LogP contribution is -2.37. The van der Waals surface area contributed by atoms with Gasteiger partial charge in [0.1, 0.15) is 0 Å². The van der Waals surface area contributed by atoms with Gasteiger partial charge < -0.3 is 9.52 Å². The van der Waals surface area contributed by atoms with Gasteiger partial charge in [-0.3, -0.25) is 9.69 Å². The van der Waals surface area contributed by atoms with Crippen molar-refractivity contribution in [3.63, 3.8) is 0 Å². The molecular weight excluding hydrogens is 206 g/mol. The third kappa shape index (κ3) is 2.27. The number of carboxylic acid groups (broad SMARTS) is 1. The fourth-order valence-electron chi connectivity index (χ4n) is 2.26. The lowest BCUT2D eigenvalue weighted by Gasteiger charge is -2.34. The summed E-state index contributed by atoms with van der Waals surface area (Å²) in [5.41, 5.74) is 1.16. The minimum Gasteiger partial charge on any atom is -0.481 e. The SMILES string of the molecule is CC(c1ccoc1)N1CCC(C(=O)O)CC1. The van der Waals surface area contributed by atoms with E-state index in [1.807, 2.05) is 6.07 Å². The molecule has 1 atom stereocenters. The third-order valence-corrected chi connectivity index (χ3v) is 3.45. The van der Waals surface area contributed by atoms with Gasteiger partial charge in [-0.2, -0.15) is 0 Å². The Hall–Kier alpha value is -1.29. The van der Waals surface area contributed by atoms with Crippen LogP contribution in [-0.2, 0) is 4.79 Å². The summed E-state index contributed by atoms with van der Waals surface area (Å²) in [7, 11) is 0. The third-order valence-electron chi connectivity index (χ3n) is 3.45. The second kappa shape index (κ2) is 4.70. The summed E-state index contributed by atoms with van der Waals surface area (Å²) >= 11 is 0. The molecule has 2 heterocycles. The predicted molar refractivity (Wildman–Crippen MR) is 59.1 cm³/mol. The number of piperidine rings is 1. The van der Waals surface area contributed by atoms with Crippen molar-refractivity contribution >= 4 is 5.97 Å². The Morgan fingerprint density at radius 1 is 1.56 bits per heavy atom. The summed E-state index contributed by atoms with van der Waals surface area (Å²) in [5, 5.41) is 8.91.